The summed E-state index contributed by atoms with van der Waals surface area (Å²) in [6.45, 7) is 2.38. The van der Waals surface area contributed by atoms with Gasteiger partial charge < -0.3 is 14.9 Å². The number of aryl methyl sites for hydroxylation is 1. The number of hydrogen-bond donors (Lipinski definition) is 1. The van der Waals surface area contributed by atoms with E-state index in [1.165, 1.54) is 0 Å². The number of furan rings is 1. The van der Waals surface area contributed by atoms with Crippen molar-refractivity contribution in [2.45, 2.75) is 23.5 Å². The van der Waals surface area contributed by atoms with Crippen molar-refractivity contribution >= 4 is 29.0 Å². The Bertz CT molecular complexity index is 1100. The molecule has 0 spiro atoms. The molecule has 0 fully saturated rings. The Morgan fingerprint density at radius 3 is 2.74 bits per heavy atom. The summed E-state index contributed by atoms with van der Waals surface area (Å²) in [6.07, 6.45) is 3.71. The van der Waals surface area contributed by atoms with Crippen LogP contribution in [0.2, 0.25) is 5.02 Å². The maximum absolute atomic E-state index is 6.37. The first-order valence-electron chi connectivity index (χ1n) is 8.37. The Balaban J connectivity index is 1.70. The van der Waals surface area contributed by atoms with Crippen LogP contribution in [-0.2, 0) is 6.54 Å². The first-order chi connectivity index (χ1) is 13.1. The second-order valence-corrected chi connectivity index (χ2v) is 7.56. The SMILES string of the molecule is COc1ccc(Sc2cc(-c3c(C)nc4c(Cl)cc(CN)cn34)co2)cc1. The highest BCUT2D eigenvalue weighted by Crippen LogP contribution is 2.35. The smallest absolute Gasteiger partial charge is 0.165 e. The van der Waals surface area contributed by atoms with Gasteiger partial charge in [0.2, 0.25) is 0 Å². The molecule has 3 heterocycles. The number of benzene rings is 1. The van der Waals surface area contributed by atoms with Crippen LogP contribution in [0, 0.1) is 6.92 Å². The van der Waals surface area contributed by atoms with Gasteiger partial charge in [0, 0.05) is 29.3 Å². The second kappa shape index (κ2) is 7.31. The molecule has 2 N–H and O–H groups in total. The van der Waals surface area contributed by atoms with E-state index in [0.29, 0.717) is 17.2 Å². The quantitative estimate of drug-likeness (QED) is 0.501. The first kappa shape index (κ1) is 18.0. The van der Waals surface area contributed by atoms with Crippen molar-refractivity contribution in [1.82, 2.24) is 9.38 Å². The molecule has 0 aliphatic heterocycles. The molecule has 7 heteroatoms. The summed E-state index contributed by atoms with van der Waals surface area (Å²) in [6, 6.07) is 11.7. The summed E-state index contributed by atoms with van der Waals surface area (Å²) in [5, 5.41) is 1.38. The predicted molar refractivity (Wildman–Crippen MR) is 108 cm³/mol. The average molecular weight is 400 g/mol. The highest BCUT2D eigenvalue weighted by Gasteiger charge is 2.16. The number of fused-ring (bicyclic) bond motifs is 1. The average Bonchev–Trinajstić information content (AvgIpc) is 3.25. The van der Waals surface area contributed by atoms with E-state index < -0.39 is 0 Å². The van der Waals surface area contributed by atoms with E-state index in [2.05, 4.69) is 4.98 Å². The van der Waals surface area contributed by atoms with E-state index in [-0.39, 0.29) is 0 Å². The van der Waals surface area contributed by atoms with Crippen molar-refractivity contribution in [3.05, 3.63) is 65.1 Å². The van der Waals surface area contributed by atoms with Crippen LogP contribution >= 0.6 is 23.4 Å². The summed E-state index contributed by atoms with van der Waals surface area (Å²) in [4.78, 5) is 5.67. The molecule has 1 aromatic carbocycles. The van der Waals surface area contributed by atoms with Crippen LogP contribution in [0.4, 0.5) is 0 Å². The standard InChI is InChI=1S/C20H18ClN3O2S/c1-12-19(24-10-13(9-22)7-17(21)20(24)23-12)14-8-18(26-11-14)27-16-5-3-15(25-2)4-6-16/h3-8,10-11H,9,22H2,1-2H3. The Morgan fingerprint density at radius 1 is 1.26 bits per heavy atom. The topological polar surface area (TPSA) is 65.7 Å². The molecule has 0 radical (unpaired) electrons. The van der Waals surface area contributed by atoms with E-state index in [1.54, 1.807) is 25.1 Å². The zero-order valence-corrected chi connectivity index (χ0v) is 16.5. The summed E-state index contributed by atoms with van der Waals surface area (Å²) in [5.74, 6) is 0.827. The third kappa shape index (κ3) is 3.43. The lowest BCUT2D eigenvalue weighted by Crippen LogP contribution is -1.99. The minimum Gasteiger partial charge on any atom is -0.497 e. The first-order valence-corrected chi connectivity index (χ1v) is 9.56. The molecule has 3 aromatic heterocycles. The Kier molecular flexibility index (Phi) is 4.86. The van der Waals surface area contributed by atoms with Gasteiger partial charge in [-0.25, -0.2) is 4.98 Å². The van der Waals surface area contributed by atoms with Crippen molar-refractivity contribution in [1.29, 1.82) is 0 Å². The van der Waals surface area contributed by atoms with Gasteiger partial charge in [0.15, 0.2) is 10.7 Å². The second-order valence-electron chi connectivity index (χ2n) is 6.07. The molecule has 0 unspecified atom stereocenters. The molecule has 27 heavy (non-hydrogen) atoms. The number of nitrogens with zero attached hydrogens (tertiary/aromatic N) is 2. The number of imidazole rings is 1. The number of nitrogens with two attached hydrogens (primary N) is 1. The monoisotopic (exact) mass is 399 g/mol. The van der Waals surface area contributed by atoms with Crippen molar-refractivity contribution in [3.63, 3.8) is 0 Å². The van der Waals surface area contributed by atoms with Gasteiger partial charge in [-0.1, -0.05) is 23.4 Å². The van der Waals surface area contributed by atoms with Gasteiger partial charge in [-0.3, -0.25) is 4.40 Å². The number of hydrogen-bond acceptors (Lipinski definition) is 5. The third-order valence-corrected chi connectivity index (χ3v) is 5.47. The van der Waals surface area contributed by atoms with Gasteiger partial charge in [0.1, 0.15) is 12.0 Å². The van der Waals surface area contributed by atoms with E-state index >= 15 is 0 Å². The number of aromatic nitrogens is 2. The molecule has 0 atom stereocenters. The fourth-order valence-electron chi connectivity index (χ4n) is 2.98. The maximum Gasteiger partial charge on any atom is 0.165 e. The van der Waals surface area contributed by atoms with E-state index in [9.17, 15) is 0 Å². The lowest BCUT2D eigenvalue weighted by atomic mass is 10.2. The van der Waals surface area contributed by atoms with Crippen LogP contribution in [0.3, 0.4) is 0 Å². The largest absolute Gasteiger partial charge is 0.497 e. The summed E-state index contributed by atoms with van der Waals surface area (Å²) < 4.78 is 12.9. The molecule has 0 bridgehead atoms. The summed E-state index contributed by atoms with van der Waals surface area (Å²) >= 11 is 7.92. The van der Waals surface area contributed by atoms with Crippen molar-refractivity contribution in [3.8, 4) is 17.0 Å². The highest BCUT2D eigenvalue weighted by atomic mass is 35.5. The van der Waals surface area contributed by atoms with Crippen molar-refractivity contribution in [2.24, 2.45) is 5.73 Å². The molecular formula is C20H18ClN3O2S. The van der Waals surface area contributed by atoms with Crippen LogP contribution in [0.25, 0.3) is 16.9 Å². The van der Waals surface area contributed by atoms with Crippen LogP contribution in [-0.4, -0.2) is 16.5 Å². The summed E-state index contributed by atoms with van der Waals surface area (Å²) in [5.41, 5.74) is 10.2. The molecule has 5 nitrogen and oxygen atoms in total. The fourth-order valence-corrected chi connectivity index (χ4v) is 4.04. The van der Waals surface area contributed by atoms with E-state index in [4.69, 9.17) is 26.5 Å². The van der Waals surface area contributed by atoms with Crippen LogP contribution in [0.5, 0.6) is 5.75 Å². The highest BCUT2D eigenvalue weighted by molar-refractivity contribution is 7.99. The van der Waals surface area contributed by atoms with E-state index in [0.717, 1.165) is 38.3 Å². The minimum atomic E-state index is 0.413. The van der Waals surface area contributed by atoms with Gasteiger partial charge >= 0.3 is 0 Å². The Morgan fingerprint density at radius 2 is 2.04 bits per heavy atom. The van der Waals surface area contributed by atoms with Crippen LogP contribution in [0.1, 0.15) is 11.3 Å². The number of methoxy groups -OCH3 is 1. The molecule has 0 aliphatic carbocycles. The van der Waals surface area contributed by atoms with Crippen LogP contribution in [0.15, 0.2) is 63.3 Å². The molecule has 138 valence electrons. The molecule has 0 amide bonds. The zero-order chi connectivity index (χ0) is 19.0. The lowest BCUT2D eigenvalue weighted by molar-refractivity contribution is 0.414. The zero-order valence-electron chi connectivity index (χ0n) is 14.9. The normalized spacial score (nSPS) is 11.3. The molecule has 0 saturated carbocycles. The van der Waals surface area contributed by atoms with Crippen LogP contribution < -0.4 is 10.5 Å². The number of halogens is 1. The Hall–Kier alpha value is -2.41. The molecule has 0 saturated heterocycles. The molecule has 4 rings (SSSR count). The van der Waals surface area contributed by atoms with Crippen molar-refractivity contribution < 1.29 is 9.15 Å². The number of pyridine rings is 1. The third-order valence-electron chi connectivity index (χ3n) is 4.27. The molecular weight excluding hydrogens is 382 g/mol. The number of ether oxygens (including phenoxy) is 1. The fraction of sp³-hybridized carbons (Fsp3) is 0.150. The maximum atomic E-state index is 6.37. The lowest BCUT2D eigenvalue weighted by Gasteiger charge is -2.04. The van der Waals surface area contributed by atoms with Crippen molar-refractivity contribution in [2.75, 3.05) is 7.11 Å². The molecule has 0 aliphatic rings. The van der Waals surface area contributed by atoms with Gasteiger partial charge in [0.05, 0.1) is 23.5 Å². The van der Waals surface area contributed by atoms with E-state index in [1.807, 2.05) is 53.9 Å². The molecule has 4 aromatic rings. The van der Waals surface area contributed by atoms with Gasteiger partial charge in [0.25, 0.3) is 0 Å². The minimum absolute atomic E-state index is 0.413. The van der Waals surface area contributed by atoms with Gasteiger partial charge in [-0.05, 0) is 42.8 Å². The number of rotatable bonds is 5. The summed E-state index contributed by atoms with van der Waals surface area (Å²) in [7, 11) is 1.65. The van der Waals surface area contributed by atoms with Gasteiger partial charge in [-0.15, -0.1) is 0 Å². The van der Waals surface area contributed by atoms with Gasteiger partial charge in [-0.2, -0.15) is 0 Å². The predicted octanol–water partition coefficient (Wildman–Crippen LogP) is 5.17. The Labute approximate surface area is 166 Å².